The Bertz CT molecular complexity index is 812. The van der Waals surface area contributed by atoms with Gasteiger partial charge in [0, 0.05) is 34.9 Å². The van der Waals surface area contributed by atoms with E-state index < -0.39 is 10.8 Å². The summed E-state index contributed by atoms with van der Waals surface area (Å²) in [6.45, 7) is 2.74. The number of fused-ring (bicyclic) bond motifs is 1. The van der Waals surface area contributed by atoms with Crippen LogP contribution in [0, 0.1) is 0 Å². The van der Waals surface area contributed by atoms with Gasteiger partial charge in [-0.25, -0.2) is 9.97 Å². The number of thiophene rings is 1. The number of rotatable bonds is 5. The molecule has 3 aromatic rings. The van der Waals surface area contributed by atoms with Gasteiger partial charge in [-0.15, -0.1) is 11.3 Å². The van der Waals surface area contributed by atoms with Crippen LogP contribution in [0.25, 0.3) is 10.2 Å². The first-order valence-electron chi connectivity index (χ1n) is 7.07. The lowest BCUT2D eigenvalue weighted by Crippen LogP contribution is -2.04. The number of hydrogen-bond donors (Lipinski definition) is 1. The Hall–Kier alpha value is -1.79. The first-order valence-corrected chi connectivity index (χ1v) is 9.51. The Morgan fingerprint density at radius 2 is 1.95 bits per heavy atom. The molecule has 0 aliphatic heterocycles. The van der Waals surface area contributed by atoms with Gasteiger partial charge < -0.3 is 5.32 Å². The average Bonchev–Trinajstić information content (AvgIpc) is 3.01. The number of hydrogen-bond acceptors (Lipinski definition) is 5. The first kappa shape index (κ1) is 15.1. The maximum atomic E-state index is 11.4. The van der Waals surface area contributed by atoms with Crippen LogP contribution in [0.4, 0.5) is 5.82 Å². The quantitative estimate of drug-likeness (QED) is 0.776. The minimum Gasteiger partial charge on any atom is -0.365 e. The molecule has 0 aliphatic carbocycles. The highest BCUT2D eigenvalue weighted by Crippen LogP contribution is 2.25. The van der Waals surface area contributed by atoms with Crippen molar-refractivity contribution in [2.24, 2.45) is 0 Å². The zero-order valence-electron chi connectivity index (χ0n) is 12.5. The second kappa shape index (κ2) is 6.54. The molecule has 114 valence electrons. The summed E-state index contributed by atoms with van der Waals surface area (Å²) < 4.78 is 11.4. The third kappa shape index (κ3) is 3.18. The SMILES string of the molecule is CCc1nc(NCc2ccc(S(C)=O)cc2)c2ccsc2n1. The van der Waals surface area contributed by atoms with Crippen LogP contribution in [0.2, 0.25) is 0 Å². The van der Waals surface area contributed by atoms with E-state index in [2.05, 4.69) is 22.2 Å². The second-order valence-electron chi connectivity index (χ2n) is 4.93. The Morgan fingerprint density at radius 1 is 1.18 bits per heavy atom. The van der Waals surface area contributed by atoms with Crippen molar-refractivity contribution in [1.82, 2.24) is 9.97 Å². The van der Waals surface area contributed by atoms with E-state index in [9.17, 15) is 4.21 Å². The smallest absolute Gasteiger partial charge is 0.138 e. The highest BCUT2D eigenvalue weighted by molar-refractivity contribution is 7.84. The van der Waals surface area contributed by atoms with Gasteiger partial charge in [0.05, 0.1) is 5.39 Å². The van der Waals surface area contributed by atoms with Gasteiger partial charge >= 0.3 is 0 Å². The van der Waals surface area contributed by atoms with Gasteiger partial charge in [-0.1, -0.05) is 19.1 Å². The predicted octanol–water partition coefficient (Wildman–Crippen LogP) is 3.60. The summed E-state index contributed by atoms with van der Waals surface area (Å²) in [5.41, 5.74) is 1.13. The summed E-state index contributed by atoms with van der Waals surface area (Å²) in [5, 5.41) is 6.49. The van der Waals surface area contributed by atoms with Gasteiger partial charge in [0.1, 0.15) is 16.5 Å². The summed E-state index contributed by atoms with van der Waals surface area (Å²) in [4.78, 5) is 11.0. The zero-order chi connectivity index (χ0) is 15.5. The molecule has 0 amide bonds. The number of nitrogens with zero attached hydrogens (tertiary/aromatic N) is 2. The van der Waals surface area contributed by atoms with Gasteiger partial charge in [-0.05, 0) is 29.1 Å². The lowest BCUT2D eigenvalue weighted by atomic mass is 10.2. The summed E-state index contributed by atoms with van der Waals surface area (Å²) in [6, 6.07) is 9.85. The molecule has 1 unspecified atom stereocenters. The van der Waals surface area contributed by atoms with E-state index in [1.54, 1.807) is 17.6 Å². The summed E-state index contributed by atoms with van der Waals surface area (Å²) in [7, 11) is -0.934. The molecule has 1 atom stereocenters. The lowest BCUT2D eigenvalue weighted by molar-refractivity contribution is 0.687. The van der Waals surface area contributed by atoms with Gasteiger partial charge in [-0.2, -0.15) is 0 Å². The largest absolute Gasteiger partial charge is 0.365 e. The summed E-state index contributed by atoms with van der Waals surface area (Å²) in [6.07, 6.45) is 2.51. The molecule has 0 saturated carbocycles. The van der Waals surface area contributed by atoms with Crippen LogP contribution in [-0.2, 0) is 23.8 Å². The number of anilines is 1. The monoisotopic (exact) mass is 331 g/mol. The van der Waals surface area contributed by atoms with Gasteiger partial charge in [0.15, 0.2) is 0 Å². The molecule has 0 saturated heterocycles. The molecule has 0 fully saturated rings. The Balaban J connectivity index is 1.81. The van der Waals surface area contributed by atoms with Crippen molar-refractivity contribution < 1.29 is 4.21 Å². The average molecular weight is 331 g/mol. The minimum absolute atomic E-state index is 0.682. The van der Waals surface area contributed by atoms with Crippen molar-refractivity contribution in [3.63, 3.8) is 0 Å². The van der Waals surface area contributed by atoms with E-state index in [0.717, 1.165) is 38.7 Å². The molecule has 0 aliphatic rings. The Labute approximate surface area is 136 Å². The normalized spacial score (nSPS) is 12.5. The maximum absolute atomic E-state index is 11.4. The molecule has 4 nitrogen and oxygen atoms in total. The molecule has 3 rings (SSSR count). The molecular weight excluding hydrogens is 314 g/mol. The predicted molar refractivity (Wildman–Crippen MR) is 92.9 cm³/mol. The number of benzene rings is 1. The van der Waals surface area contributed by atoms with E-state index in [1.165, 1.54) is 0 Å². The Morgan fingerprint density at radius 3 is 2.64 bits per heavy atom. The first-order chi connectivity index (χ1) is 10.7. The van der Waals surface area contributed by atoms with E-state index in [1.807, 2.05) is 35.7 Å². The molecule has 0 bridgehead atoms. The molecule has 1 aromatic carbocycles. The van der Waals surface area contributed by atoms with Crippen molar-refractivity contribution >= 4 is 38.2 Å². The van der Waals surface area contributed by atoms with Gasteiger partial charge in [0.2, 0.25) is 0 Å². The molecule has 6 heteroatoms. The van der Waals surface area contributed by atoms with E-state index in [0.29, 0.717) is 6.54 Å². The molecule has 2 heterocycles. The van der Waals surface area contributed by atoms with Crippen molar-refractivity contribution in [3.8, 4) is 0 Å². The third-order valence-corrected chi connectivity index (χ3v) is 5.15. The van der Waals surface area contributed by atoms with Crippen LogP contribution in [0.5, 0.6) is 0 Å². The van der Waals surface area contributed by atoms with Gasteiger partial charge in [-0.3, -0.25) is 4.21 Å². The van der Waals surface area contributed by atoms with Crippen molar-refractivity contribution in [1.29, 1.82) is 0 Å². The van der Waals surface area contributed by atoms with E-state index >= 15 is 0 Å². The molecule has 2 aromatic heterocycles. The van der Waals surface area contributed by atoms with Crippen LogP contribution < -0.4 is 5.32 Å². The lowest BCUT2D eigenvalue weighted by Gasteiger charge is -2.09. The van der Waals surface area contributed by atoms with E-state index in [4.69, 9.17) is 0 Å². The highest BCUT2D eigenvalue weighted by atomic mass is 32.2. The number of aryl methyl sites for hydroxylation is 1. The van der Waals surface area contributed by atoms with E-state index in [-0.39, 0.29) is 0 Å². The van der Waals surface area contributed by atoms with Crippen LogP contribution in [0.3, 0.4) is 0 Å². The van der Waals surface area contributed by atoms with Crippen LogP contribution >= 0.6 is 11.3 Å². The van der Waals surface area contributed by atoms with Gasteiger partial charge in [0.25, 0.3) is 0 Å². The molecule has 1 N–H and O–H groups in total. The fourth-order valence-electron chi connectivity index (χ4n) is 2.18. The van der Waals surface area contributed by atoms with Crippen molar-refractivity contribution in [2.45, 2.75) is 24.8 Å². The topological polar surface area (TPSA) is 54.9 Å². The van der Waals surface area contributed by atoms with Crippen molar-refractivity contribution in [3.05, 3.63) is 47.1 Å². The molecule has 22 heavy (non-hydrogen) atoms. The molecule has 0 radical (unpaired) electrons. The second-order valence-corrected chi connectivity index (χ2v) is 7.21. The molecular formula is C16H17N3OS2. The fourth-order valence-corrected chi connectivity index (χ4v) is 3.48. The fraction of sp³-hybridized carbons (Fsp3) is 0.250. The number of nitrogens with one attached hydrogen (secondary N) is 1. The summed E-state index contributed by atoms with van der Waals surface area (Å²) >= 11 is 1.63. The number of aromatic nitrogens is 2. The van der Waals surface area contributed by atoms with Crippen LogP contribution in [0.1, 0.15) is 18.3 Å². The molecule has 0 spiro atoms. The standard InChI is InChI=1S/C16H17N3OS2/c1-3-14-18-15(13-8-9-21-16(13)19-14)17-10-11-4-6-12(7-5-11)22(2)20/h4-9H,3,10H2,1-2H3,(H,17,18,19). The van der Waals surface area contributed by atoms with Crippen molar-refractivity contribution in [2.75, 3.05) is 11.6 Å². The van der Waals surface area contributed by atoms with Crippen LogP contribution in [-0.4, -0.2) is 20.4 Å². The van der Waals surface area contributed by atoms with Crippen LogP contribution in [0.15, 0.2) is 40.6 Å². The third-order valence-electron chi connectivity index (χ3n) is 3.40. The minimum atomic E-state index is -0.934. The zero-order valence-corrected chi connectivity index (χ0v) is 14.1. The highest BCUT2D eigenvalue weighted by Gasteiger charge is 2.08. The Kier molecular flexibility index (Phi) is 4.49. The summed E-state index contributed by atoms with van der Waals surface area (Å²) in [5.74, 6) is 1.74. The maximum Gasteiger partial charge on any atom is 0.138 e.